The van der Waals surface area contributed by atoms with E-state index in [0.717, 1.165) is 28.7 Å². The number of rotatable bonds is 2. The summed E-state index contributed by atoms with van der Waals surface area (Å²) in [5.74, 6) is 0.0557. The topological polar surface area (TPSA) is 17.1 Å². The van der Waals surface area contributed by atoms with Crippen molar-refractivity contribution in [3.8, 4) is 0 Å². The molecule has 2 aromatic rings. The number of hydrogen-bond acceptors (Lipinski definition) is 2. The smallest absolute Gasteiger partial charge is 0.203 e. The number of carbonyl (C=O) groups is 1. The van der Waals surface area contributed by atoms with Crippen molar-refractivity contribution in [2.75, 3.05) is 0 Å². The highest BCUT2D eigenvalue weighted by Crippen LogP contribution is 2.34. The van der Waals surface area contributed by atoms with Gasteiger partial charge in [-0.25, -0.2) is 0 Å². The zero-order valence-electron chi connectivity index (χ0n) is 8.76. The summed E-state index contributed by atoms with van der Waals surface area (Å²) in [5.41, 5.74) is 1.72. The summed E-state index contributed by atoms with van der Waals surface area (Å²) in [7, 11) is 0. The van der Waals surface area contributed by atoms with Gasteiger partial charge in [0.15, 0.2) is 0 Å². The molecule has 88 valence electrons. The number of benzene rings is 1. The van der Waals surface area contributed by atoms with Gasteiger partial charge in [-0.15, -0.1) is 11.3 Å². The van der Waals surface area contributed by atoms with Gasteiger partial charge in [-0.1, -0.05) is 22.0 Å². The van der Waals surface area contributed by atoms with Crippen LogP contribution in [0.3, 0.4) is 0 Å². The molecule has 1 nitrogen and oxygen atoms in total. The van der Waals surface area contributed by atoms with Gasteiger partial charge in [-0.3, -0.25) is 4.79 Å². The van der Waals surface area contributed by atoms with Crippen LogP contribution in [-0.2, 0) is 0 Å². The van der Waals surface area contributed by atoms with Crippen molar-refractivity contribution in [2.45, 2.75) is 6.92 Å². The van der Waals surface area contributed by atoms with Crippen LogP contribution in [0.1, 0.15) is 20.8 Å². The molecule has 0 unspecified atom stereocenters. The van der Waals surface area contributed by atoms with E-state index in [1.165, 1.54) is 11.3 Å². The molecule has 0 N–H and O–H groups in total. The predicted molar refractivity (Wildman–Crippen MR) is 82.0 cm³/mol. The third kappa shape index (κ3) is 2.89. The van der Waals surface area contributed by atoms with Crippen molar-refractivity contribution < 1.29 is 4.79 Å². The van der Waals surface area contributed by atoms with E-state index in [2.05, 4.69) is 47.8 Å². The van der Waals surface area contributed by atoms with Gasteiger partial charge in [-0.2, -0.15) is 0 Å². The lowest BCUT2D eigenvalue weighted by atomic mass is 10.0. The zero-order valence-corrected chi connectivity index (χ0v) is 14.3. The number of aryl methyl sites for hydroxylation is 1. The highest BCUT2D eigenvalue weighted by molar-refractivity contribution is 9.13. The first kappa shape index (κ1) is 13.5. The number of ketones is 1. The van der Waals surface area contributed by atoms with E-state index in [9.17, 15) is 4.79 Å². The minimum Gasteiger partial charge on any atom is -0.288 e. The average molecular weight is 439 g/mol. The molecular formula is C12H7Br3OS. The van der Waals surface area contributed by atoms with Crippen molar-refractivity contribution in [3.63, 3.8) is 0 Å². The van der Waals surface area contributed by atoms with Crippen LogP contribution in [0.2, 0.25) is 0 Å². The maximum atomic E-state index is 12.3. The molecule has 1 aromatic heterocycles. The fourth-order valence-electron chi connectivity index (χ4n) is 1.43. The molecule has 0 bridgehead atoms. The summed E-state index contributed by atoms with van der Waals surface area (Å²) < 4.78 is 2.77. The molecule has 0 amide bonds. The molecule has 0 radical (unpaired) electrons. The first-order valence-corrected chi connectivity index (χ1v) is 7.94. The molecule has 17 heavy (non-hydrogen) atoms. The summed E-state index contributed by atoms with van der Waals surface area (Å²) in [5, 5.41) is 0. The van der Waals surface area contributed by atoms with Gasteiger partial charge in [0, 0.05) is 14.5 Å². The molecule has 1 heterocycles. The number of hydrogen-bond donors (Lipinski definition) is 0. The fraction of sp³-hybridized carbons (Fsp3) is 0.0833. The normalized spacial score (nSPS) is 10.6. The van der Waals surface area contributed by atoms with E-state index >= 15 is 0 Å². The fourth-order valence-corrected chi connectivity index (χ4v) is 3.78. The quantitative estimate of drug-likeness (QED) is 0.560. The number of halogens is 3. The lowest BCUT2D eigenvalue weighted by Gasteiger charge is -2.03. The monoisotopic (exact) mass is 436 g/mol. The molecule has 0 aliphatic rings. The number of thiophene rings is 1. The highest BCUT2D eigenvalue weighted by Gasteiger charge is 2.16. The Labute approximate surface area is 129 Å². The Bertz CT molecular complexity index is 570. The molecule has 0 saturated carbocycles. The van der Waals surface area contributed by atoms with Crippen LogP contribution in [0, 0.1) is 6.92 Å². The Balaban J connectivity index is 2.47. The van der Waals surface area contributed by atoms with E-state index in [1.54, 1.807) is 0 Å². The molecule has 2 rings (SSSR count). The summed E-state index contributed by atoms with van der Waals surface area (Å²) >= 11 is 11.6. The molecule has 0 saturated heterocycles. The minimum absolute atomic E-state index is 0.0557. The van der Waals surface area contributed by atoms with Crippen LogP contribution in [0.5, 0.6) is 0 Å². The van der Waals surface area contributed by atoms with Crippen LogP contribution in [-0.4, -0.2) is 5.78 Å². The van der Waals surface area contributed by atoms with Crippen LogP contribution < -0.4 is 0 Å². The van der Waals surface area contributed by atoms with Gasteiger partial charge in [0.1, 0.15) is 0 Å². The lowest BCUT2D eigenvalue weighted by Crippen LogP contribution is -2.01. The van der Waals surface area contributed by atoms with Gasteiger partial charge in [0.25, 0.3) is 0 Å². The Kier molecular flexibility index (Phi) is 4.23. The van der Waals surface area contributed by atoms with Crippen LogP contribution >= 0.6 is 59.1 Å². The third-order valence-corrected chi connectivity index (χ3v) is 6.06. The Hall–Kier alpha value is 0.0300. The Morgan fingerprint density at radius 1 is 1.18 bits per heavy atom. The van der Waals surface area contributed by atoms with E-state index in [1.807, 2.05) is 31.2 Å². The molecule has 0 spiro atoms. The van der Waals surface area contributed by atoms with Gasteiger partial charge < -0.3 is 0 Å². The third-order valence-electron chi connectivity index (χ3n) is 2.31. The van der Waals surface area contributed by atoms with Crippen molar-refractivity contribution >= 4 is 64.9 Å². The van der Waals surface area contributed by atoms with Crippen molar-refractivity contribution in [2.24, 2.45) is 0 Å². The Morgan fingerprint density at radius 2 is 1.88 bits per heavy atom. The molecule has 5 heteroatoms. The van der Waals surface area contributed by atoms with E-state index < -0.39 is 0 Å². The summed E-state index contributed by atoms with van der Waals surface area (Å²) in [6.07, 6.45) is 0. The standard InChI is InChI=1S/C12H7Br3OS/c1-6-2-3-7(13)4-8(6)11(16)10-5-9(14)12(15)17-10/h2-5H,1H3. The summed E-state index contributed by atoms with van der Waals surface area (Å²) in [6, 6.07) is 7.58. The second-order valence-corrected chi connectivity index (χ2v) is 7.66. The summed E-state index contributed by atoms with van der Waals surface area (Å²) in [6.45, 7) is 1.94. The molecule has 0 atom stereocenters. The van der Waals surface area contributed by atoms with E-state index in [0.29, 0.717) is 0 Å². The number of carbonyl (C=O) groups excluding carboxylic acids is 1. The first-order chi connectivity index (χ1) is 7.99. The van der Waals surface area contributed by atoms with Crippen LogP contribution in [0.25, 0.3) is 0 Å². The maximum Gasteiger partial charge on any atom is 0.203 e. The average Bonchev–Trinajstić information content (AvgIpc) is 2.62. The zero-order chi connectivity index (χ0) is 12.6. The molecule has 0 aliphatic carbocycles. The van der Waals surface area contributed by atoms with Gasteiger partial charge in [0.2, 0.25) is 5.78 Å². The SMILES string of the molecule is Cc1ccc(Br)cc1C(=O)c1cc(Br)c(Br)s1. The highest BCUT2D eigenvalue weighted by atomic mass is 79.9. The van der Waals surface area contributed by atoms with Crippen LogP contribution in [0.15, 0.2) is 37.0 Å². The first-order valence-electron chi connectivity index (χ1n) is 4.74. The lowest BCUT2D eigenvalue weighted by molar-refractivity contribution is 0.104. The predicted octanol–water partition coefficient (Wildman–Crippen LogP) is 5.58. The molecule has 0 fully saturated rings. The Morgan fingerprint density at radius 3 is 2.47 bits per heavy atom. The van der Waals surface area contributed by atoms with Gasteiger partial charge in [0.05, 0.1) is 8.66 Å². The van der Waals surface area contributed by atoms with Gasteiger partial charge in [-0.05, 0) is 62.5 Å². The molecule has 0 aliphatic heterocycles. The maximum absolute atomic E-state index is 12.3. The van der Waals surface area contributed by atoms with Crippen molar-refractivity contribution in [1.29, 1.82) is 0 Å². The van der Waals surface area contributed by atoms with Crippen molar-refractivity contribution in [3.05, 3.63) is 53.0 Å². The van der Waals surface area contributed by atoms with E-state index in [-0.39, 0.29) is 5.78 Å². The minimum atomic E-state index is 0.0557. The largest absolute Gasteiger partial charge is 0.288 e. The molecular weight excluding hydrogens is 432 g/mol. The van der Waals surface area contributed by atoms with Crippen molar-refractivity contribution in [1.82, 2.24) is 0 Å². The molecule has 1 aromatic carbocycles. The second-order valence-electron chi connectivity index (χ2n) is 3.52. The van der Waals surface area contributed by atoms with Gasteiger partial charge >= 0.3 is 0 Å². The summed E-state index contributed by atoms with van der Waals surface area (Å²) in [4.78, 5) is 13.1. The van der Waals surface area contributed by atoms with E-state index in [4.69, 9.17) is 0 Å². The second kappa shape index (κ2) is 5.34. The van der Waals surface area contributed by atoms with Crippen LogP contribution in [0.4, 0.5) is 0 Å².